The molecule has 2 aliphatic rings. The van der Waals surface area contributed by atoms with Crippen molar-refractivity contribution in [2.45, 2.75) is 65.2 Å². The number of aryl methyl sites for hydroxylation is 3. The van der Waals surface area contributed by atoms with Crippen LogP contribution in [-0.2, 0) is 7.05 Å². The first-order valence-corrected chi connectivity index (χ1v) is 11.3. The molecule has 3 heteroatoms. The average molecular weight is 419 g/mol. The van der Waals surface area contributed by atoms with Gasteiger partial charge in [0.1, 0.15) is 7.05 Å². The van der Waals surface area contributed by atoms with Crippen LogP contribution in [-0.4, -0.2) is 5.92 Å². The van der Waals surface area contributed by atoms with E-state index >= 15 is 0 Å². The van der Waals surface area contributed by atoms with E-state index in [4.69, 9.17) is 0 Å². The van der Waals surface area contributed by atoms with Gasteiger partial charge in [-0.2, -0.15) is 0 Å². The first-order valence-electron chi connectivity index (χ1n) is 11.3. The molecule has 1 saturated carbocycles. The highest BCUT2D eigenvalue weighted by Gasteiger charge is 2.39. The van der Waals surface area contributed by atoms with Crippen LogP contribution in [0.2, 0.25) is 0 Å². The maximum atomic E-state index is 13.9. The van der Waals surface area contributed by atoms with Crippen LogP contribution in [0.15, 0.2) is 36.5 Å². The quantitative estimate of drug-likeness (QED) is 0.388. The number of pyridine rings is 1. The van der Waals surface area contributed by atoms with E-state index in [1.165, 1.54) is 61.0 Å². The molecule has 1 aromatic heterocycles. The van der Waals surface area contributed by atoms with Gasteiger partial charge in [-0.05, 0) is 85.2 Å². The number of halogens is 2. The van der Waals surface area contributed by atoms with Crippen LogP contribution in [0.5, 0.6) is 0 Å². The van der Waals surface area contributed by atoms with Crippen molar-refractivity contribution in [2.75, 3.05) is 0 Å². The topological polar surface area (TPSA) is 3.88 Å². The molecule has 0 radical (unpaired) electrons. The molecule has 1 fully saturated rings. The van der Waals surface area contributed by atoms with Crippen LogP contribution in [0.1, 0.15) is 77.6 Å². The summed E-state index contributed by atoms with van der Waals surface area (Å²) in [6.07, 6.45) is 3.25. The van der Waals surface area contributed by atoms with E-state index in [0.29, 0.717) is 12.8 Å². The Balaban J connectivity index is 1.78. The number of nitrogens with zero attached hydrogens (tertiary/aromatic N) is 1. The van der Waals surface area contributed by atoms with Gasteiger partial charge in [-0.3, -0.25) is 0 Å². The van der Waals surface area contributed by atoms with E-state index in [2.05, 4.69) is 75.8 Å². The molecular weight excluding hydrogens is 388 g/mol. The van der Waals surface area contributed by atoms with Gasteiger partial charge in [-0.25, -0.2) is 13.3 Å². The summed E-state index contributed by atoms with van der Waals surface area (Å²) in [5, 5.41) is 2.51. The number of benzene rings is 2. The normalized spacial score (nSPS) is 18.3. The zero-order valence-electron chi connectivity index (χ0n) is 19.1. The SMILES string of the molecule is CC1=C(c2cc(C)cc(C)c2C)c2c3c1c(C1CCC(F)(F)CC1)ccc3cc[n+]2C. The molecule has 2 aromatic carbocycles. The third kappa shape index (κ3) is 3.12. The smallest absolute Gasteiger partial charge is 0.207 e. The largest absolute Gasteiger partial charge is 0.248 e. The van der Waals surface area contributed by atoms with Gasteiger partial charge in [0, 0.05) is 18.9 Å². The van der Waals surface area contributed by atoms with E-state index in [0.717, 1.165) is 0 Å². The molecule has 2 aliphatic carbocycles. The molecule has 0 aliphatic heterocycles. The van der Waals surface area contributed by atoms with Gasteiger partial charge in [0.2, 0.25) is 11.6 Å². The van der Waals surface area contributed by atoms with Crippen LogP contribution < -0.4 is 4.57 Å². The van der Waals surface area contributed by atoms with Gasteiger partial charge in [-0.1, -0.05) is 29.8 Å². The summed E-state index contributed by atoms with van der Waals surface area (Å²) in [4.78, 5) is 0. The summed E-state index contributed by atoms with van der Waals surface area (Å²) >= 11 is 0. The molecule has 5 rings (SSSR count). The lowest BCUT2D eigenvalue weighted by molar-refractivity contribution is -0.672. The van der Waals surface area contributed by atoms with Gasteiger partial charge in [-0.15, -0.1) is 0 Å². The fourth-order valence-corrected chi connectivity index (χ4v) is 5.80. The molecule has 0 atom stereocenters. The molecule has 0 amide bonds. The van der Waals surface area contributed by atoms with Crippen molar-refractivity contribution in [1.82, 2.24) is 0 Å². The molecule has 1 heterocycles. The van der Waals surface area contributed by atoms with Crippen molar-refractivity contribution in [2.24, 2.45) is 7.05 Å². The molecule has 160 valence electrons. The minimum absolute atomic E-state index is 0.00360. The highest BCUT2D eigenvalue weighted by molar-refractivity contribution is 6.16. The maximum Gasteiger partial charge on any atom is 0.248 e. The van der Waals surface area contributed by atoms with Crippen LogP contribution in [0.3, 0.4) is 0 Å². The molecule has 1 nitrogen and oxygen atoms in total. The standard InChI is InChI=1S/C28H30F2N/c1-16-14-17(2)18(3)23(15-16)25-19(4)24-22(20-8-11-28(29,30)12-9-20)7-6-21-10-13-31(5)27(25)26(21)24/h6-7,10,13-15,20H,8-9,11-12H2,1-5H3/q+1. The van der Waals surface area contributed by atoms with Crippen molar-refractivity contribution in [3.05, 3.63) is 75.6 Å². The Morgan fingerprint density at radius 3 is 2.39 bits per heavy atom. The minimum Gasteiger partial charge on any atom is -0.207 e. The number of hydrogen-bond acceptors (Lipinski definition) is 0. The van der Waals surface area contributed by atoms with Crippen molar-refractivity contribution < 1.29 is 13.3 Å². The van der Waals surface area contributed by atoms with Crippen LogP contribution in [0.25, 0.3) is 21.9 Å². The Bertz CT molecular complexity index is 1260. The van der Waals surface area contributed by atoms with E-state index < -0.39 is 5.92 Å². The number of rotatable bonds is 2. The fourth-order valence-electron chi connectivity index (χ4n) is 5.80. The number of allylic oxidation sites excluding steroid dienone is 1. The molecule has 3 aromatic rings. The van der Waals surface area contributed by atoms with Crippen LogP contribution in [0.4, 0.5) is 8.78 Å². The van der Waals surface area contributed by atoms with E-state index in [9.17, 15) is 8.78 Å². The van der Waals surface area contributed by atoms with Gasteiger partial charge >= 0.3 is 0 Å². The van der Waals surface area contributed by atoms with Crippen LogP contribution in [0, 0.1) is 20.8 Å². The Morgan fingerprint density at radius 1 is 0.968 bits per heavy atom. The summed E-state index contributed by atoms with van der Waals surface area (Å²) in [5.74, 6) is -2.30. The predicted octanol–water partition coefficient (Wildman–Crippen LogP) is 7.17. The zero-order valence-corrected chi connectivity index (χ0v) is 19.1. The molecule has 0 unspecified atom stereocenters. The number of alkyl halides is 2. The van der Waals surface area contributed by atoms with E-state index in [-0.39, 0.29) is 18.8 Å². The third-order valence-corrected chi connectivity index (χ3v) is 7.56. The van der Waals surface area contributed by atoms with Crippen molar-refractivity contribution in [3.8, 4) is 0 Å². The number of aromatic nitrogens is 1. The Kier molecular flexibility index (Phi) is 4.58. The molecule has 0 bridgehead atoms. The molecule has 31 heavy (non-hydrogen) atoms. The maximum absolute atomic E-state index is 13.9. The van der Waals surface area contributed by atoms with Crippen molar-refractivity contribution in [3.63, 3.8) is 0 Å². The predicted molar refractivity (Wildman–Crippen MR) is 124 cm³/mol. The highest BCUT2D eigenvalue weighted by atomic mass is 19.3. The second-order valence-electron chi connectivity index (χ2n) is 9.65. The van der Waals surface area contributed by atoms with Gasteiger partial charge in [0.05, 0.1) is 11.0 Å². The Hall–Kier alpha value is -2.55. The van der Waals surface area contributed by atoms with Gasteiger partial charge < -0.3 is 0 Å². The third-order valence-electron chi connectivity index (χ3n) is 7.56. The lowest BCUT2D eigenvalue weighted by Gasteiger charge is -2.29. The summed E-state index contributed by atoms with van der Waals surface area (Å²) in [7, 11) is 2.11. The molecule has 0 spiro atoms. The van der Waals surface area contributed by atoms with E-state index in [1.54, 1.807) is 0 Å². The summed E-state index contributed by atoms with van der Waals surface area (Å²) in [5.41, 5.74) is 11.5. The highest BCUT2D eigenvalue weighted by Crippen LogP contribution is 2.50. The van der Waals surface area contributed by atoms with E-state index in [1.807, 2.05) is 0 Å². The zero-order chi connectivity index (χ0) is 22.1. The monoisotopic (exact) mass is 418 g/mol. The second kappa shape index (κ2) is 6.98. The Morgan fingerprint density at radius 2 is 1.68 bits per heavy atom. The lowest BCUT2D eigenvalue weighted by atomic mass is 9.79. The van der Waals surface area contributed by atoms with Crippen LogP contribution >= 0.6 is 0 Å². The molecular formula is C28H30F2N+. The average Bonchev–Trinajstić information content (AvgIpc) is 3.02. The minimum atomic E-state index is -2.50. The summed E-state index contributed by atoms with van der Waals surface area (Å²) < 4.78 is 29.9. The second-order valence-corrected chi connectivity index (χ2v) is 9.65. The summed E-state index contributed by atoms with van der Waals surface area (Å²) in [6.45, 7) is 8.76. The first-order chi connectivity index (χ1) is 14.7. The summed E-state index contributed by atoms with van der Waals surface area (Å²) in [6, 6.07) is 11.1. The molecule has 0 N–H and O–H groups in total. The van der Waals surface area contributed by atoms with Crippen molar-refractivity contribution in [1.29, 1.82) is 0 Å². The van der Waals surface area contributed by atoms with Crippen molar-refractivity contribution >= 4 is 21.9 Å². The number of hydrogen-bond donors (Lipinski definition) is 0. The fraction of sp³-hybridized carbons (Fsp3) is 0.393. The Labute approximate surface area is 183 Å². The van der Waals surface area contributed by atoms with Gasteiger partial charge in [0.25, 0.3) is 0 Å². The molecule has 0 saturated heterocycles. The van der Waals surface area contributed by atoms with Gasteiger partial charge in [0.15, 0.2) is 6.20 Å². The first kappa shape index (κ1) is 20.4. The lowest BCUT2D eigenvalue weighted by Crippen LogP contribution is -2.32.